The van der Waals surface area contributed by atoms with E-state index >= 15 is 0 Å². The molecule has 0 unspecified atom stereocenters. The van der Waals surface area contributed by atoms with Gasteiger partial charge in [-0.15, -0.1) is 0 Å². The van der Waals surface area contributed by atoms with Crippen molar-refractivity contribution in [3.05, 3.63) is 58.1 Å². The first kappa shape index (κ1) is 16.2. The SMILES string of the molecule is C[C@@H]1Cc2ccccc2N1C(=O)c1cc(S(N)(=O)=O)ccc1Br. The fourth-order valence-corrected chi connectivity index (χ4v) is 3.81. The molecule has 1 atom stereocenters. The van der Waals surface area contributed by atoms with E-state index in [1.54, 1.807) is 4.90 Å². The van der Waals surface area contributed by atoms with Gasteiger partial charge in [0.1, 0.15) is 0 Å². The number of sulfonamides is 1. The van der Waals surface area contributed by atoms with Crippen molar-refractivity contribution in [1.29, 1.82) is 0 Å². The highest BCUT2D eigenvalue weighted by Gasteiger charge is 2.32. The molecule has 3 rings (SSSR count). The van der Waals surface area contributed by atoms with Crippen LogP contribution >= 0.6 is 15.9 Å². The van der Waals surface area contributed by atoms with Gasteiger partial charge in [0.25, 0.3) is 5.91 Å². The van der Waals surface area contributed by atoms with Gasteiger partial charge in [-0.1, -0.05) is 18.2 Å². The molecular weight excluding hydrogens is 380 g/mol. The van der Waals surface area contributed by atoms with Crippen LogP contribution < -0.4 is 10.0 Å². The second kappa shape index (κ2) is 5.74. The van der Waals surface area contributed by atoms with Gasteiger partial charge >= 0.3 is 0 Å². The number of hydrogen-bond donors (Lipinski definition) is 1. The summed E-state index contributed by atoms with van der Waals surface area (Å²) in [5.41, 5.74) is 2.24. The summed E-state index contributed by atoms with van der Waals surface area (Å²) in [5, 5.41) is 5.17. The van der Waals surface area contributed by atoms with Gasteiger partial charge in [0, 0.05) is 16.2 Å². The van der Waals surface area contributed by atoms with Gasteiger partial charge in [0.2, 0.25) is 10.0 Å². The maximum atomic E-state index is 13.0. The van der Waals surface area contributed by atoms with Crippen LogP contribution in [-0.2, 0) is 16.4 Å². The number of nitrogens with zero attached hydrogens (tertiary/aromatic N) is 1. The Morgan fingerprint density at radius 2 is 1.96 bits per heavy atom. The van der Waals surface area contributed by atoms with Gasteiger partial charge in [0.05, 0.1) is 10.5 Å². The zero-order valence-corrected chi connectivity index (χ0v) is 14.8. The highest BCUT2D eigenvalue weighted by molar-refractivity contribution is 9.10. The molecule has 0 saturated carbocycles. The summed E-state index contributed by atoms with van der Waals surface area (Å²) >= 11 is 3.32. The third-order valence-corrected chi connectivity index (χ3v) is 5.53. The third-order valence-electron chi connectivity index (χ3n) is 3.92. The van der Waals surface area contributed by atoms with Crippen molar-refractivity contribution >= 4 is 37.5 Å². The van der Waals surface area contributed by atoms with E-state index in [1.165, 1.54) is 18.2 Å². The van der Waals surface area contributed by atoms with Gasteiger partial charge in [0.15, 0.2) is 0 Å². The topological polar surface area (TPSA) is 80.5 Å². The van der Waals surface area contributed by atoms with E-state index in [4.69, 9.17) is 5.14 Å². The zero-order valence-electron chi connectivity index (χ0n) is 12.4. The number of benzene rings is 2. The van der Waals surface area contributed by atoms with Gasteiger partial charge in [-0.3, -0.25) is 4.79 Å². The van der Waals surface area contributed by atoms with Crippen LogP contribution in [0.4, 0.5) is 5.69 Å². The zero-order chi connectivity index (χ0) is 16.8. The predicted molar refractivity (Wildman–Crippen MR) is 91.9 cm³/mol. The second-order valence-electron chi connectivity index (χ2n) is 5.54. The van der Waals surface area contributed by atoms with Crippen molar-refractivity contribution in [2.75, 3.05) is 4.90 Å². The van der Waals surface area contributed by atoms with E-state index in [1.807, 2.05) is 31.2 Å². The van der Waals surface area contributed by atoms with Crippen molar-refractivity contribution in [1.82, 2.24) is 0 Å². The Morgan fingerprint density at radius 3 is 2.65 bits per heavy atom. The van der Waals surface area contributed by atoms with E-state index in [2.05, 4.69) is 15.9 Å². The Bertz CT molecular complexity index is 896. The molecule has 0 radical (unpaired) electrons. The van der Waals surface area contributed by atoms with E-state index in [0.717, 1.165) is 17.7 Å². The number of amides is 1. The maximum Gasteiger partial charge on any atom is 0.259 e. The lowest BCUT2D eigenvalue weighted by atomic mass is 10.1. The third kappa shape index (κ3) is 2.91. The summed E-state index contributed by atoms with van der Waals surface area (Å²) in [7, 11) is -3.86. The largest absolute Gasteiger partial charge is 0.305 e. The molecule has 2 aromatic rings. The number of anilines is 1. The molecule has 0 spiro atoms. The molecule has 0 aromatic heterocycles. The maximum absolute atomic E-state index is 13.0. The number of carbonyl (C=O) groups is 1. The molecule has 2 aromatic carbocycles. The molecule has 0 fully saturated rings. The number of rotatable bonds is 2. The van der Waals surface area contributed by atoms with Crippen LogP contribution in [-0.4, -0.2) is 20.4 Å². The first-order valence-electron chi connectivity index (χ1n) is 7.03. The van der Waals surface area contributed by atoms with E-state index < -0.39 is 10.0 Å². The van der Waals surface area contributed by atoms with Gasteiger partial charge in [-0.25, -0.2) is 13.6 Å². The Morgan fingerprint density at radius 1 is 1.26 bits per heavy atom. The number of primary sulfonamides is 1. The smallest absolute Gasteiger partial charge is 0.259 e. The lowest BCUT2D eigenvalue weighted by molar-refractivity contribution is 0.0980. The molecule has 0 aliphatic carbocycles. The summed E-state index contributed by atoms with van der Waals surface area (Å²) in [6.45, 7) is 1.97. The minimum Gasteiger partial charge on any atom is -0.305 e. The fraction of sp³-hybridized carbons (Fsp3) is 0.188. The summed E-state index contributed by atoms with van der Waals surface area (Å²) in [6.07, 6.45) is 0.772. The minimum absolute atomic E-state index is 0.00457. The van der Waals surface area contributed by atoms with Crippen LogP contribution in [0.25, 0.3) is 0 Å². The first-order chi connectivity index (χ1) is 10.8. The van der Waals surface area contributed by atoms with Gasteiger partial charge in [-0.2, -0.15) is 0 Å². The fourth-order valence-electron chi connectivity index (χ4n) is 2.85. The minimum atomic E-state index is -3.86. The summed E-state index contributed by atoms with van der Waals surface area (Å²) < 4.78 is 23.6. The molecule has 2 N–H and O–H groups in total. The number of halogens is 1. The van der Waals surface area contributed by atoms with Crippen molar-refractivity contribution in [3.8, 4) is 0 Å². The van der Waals surface area contributed by atoms with Crippen LogP contribution in [0.5, 0.6) is 0 Å². The molecular formula is C16H15BrN2O3S. The lowest BCUT2D eigenvalue weighted by Crippen LogP contribution is -2.36. The van der Waals surface area contributed by atoms with Crippen LogP contribution in [0.1, 0.15) is 22.8 Å². The number of fused-ring (bicyclic) bond motifs is 1. The quantitative estimate of drug-likeness (QED) is 0.849. The van der Waals surface area contributed by atoms with Gasteiger partial charge < -0.3 is 4.90 Å². The molecule has 23 heavy (non-hydrogen) atoms. The molecule has 1 amide bonds. The van der Waals surface area contributed by atoms with Crippen molar-refractivity contribution < 1.29 is 13.2 Å². The van der Waals surface area contributed by atoms with E-state index in [-0.39, 0.29) is 22.4 Å². The Kier molecular flexibility index (Phi) is 4.03. The number of para-hydroxylation sites is 1. The molecule has 1 aliphatic heterocycles. The summed E-state index contributed by atoms with van der Waals surface area (Å²) in [5.74, 6) is -0.250. The Balaban J connectivity index is 2.08. The monoisotopic (exact) mass is 394 g/mol. The second-order valence-corrected chi connectivity index (χ2v) is 7.96. The first-order valence-corrected chi connectivity index (χ1v) is 9.37. The molecule has 0 bridgehead atoms. The molecule has 120 valence electrons. The van der Waals surface area contributed by atoms with Crippen molar-refractivity contribution in [3.63, 3.8) is 0 Å². The van der Waals surface area contributed by atoms with E-state index in [0.29, 0.717) is 4.47 Å². The molecule has 1 aliphatic rings. The van der Waals surface area contributed by atoms with E-state index in [9.17, 15) is 13.2 Å². The predicted octanol–water partition coefficient (Wildman–Crippen LogP) is 2.69. The van der Waals surface area contributed by atoms with Crippen LogP contribution in [0.3, 0.4) is 0 Å². The highest BCUT2D eigenvalue weighted by Crippen LogP contribution is 2.34. The lowest BCUT2D eigenvalue weighted by Gasteiger charge is -2.23. The average molecular weight is 395 g/mol. The normalized spacial score (nSPS) is 17.2. The Hall–Kier alpha value is -1.70. The molecule has 0 saturated heterocycles. The number of carbonyl (C=O) groups excluding carboxylic acids is 1. The molecule has 7 heteroatoms. The molecule has 5 nitrogen and oxygen atoms in total. The highest BCUT2D eigenvalue weighted by atomic mass is 79.9. The number of nitrogens with two attached hydrogens (primary N) is 1. The standard InChI is InChI=1S/C16H15BrN2O3S/c1-10-8-11-4-2-3-5-15(11)19(10)16(20)13-9-12(23(18,21)22)6-7-14(13)17/h2-7,9-10H,8H2,1H3,(H2,18,21,22)/t10-/m1/s1. The summed E-state index contributed by atoms with van der Waals surface area (Å²) in [6, 6.07) is 11.9. The van der Waals surface area contributed by atoms with Crippen LogP contribution in [0.2, 0.25) is 0 Å². The average Bonchev–Trinajstić information content (AvgIpc) is 2.81. The number of hydrogen-bond acceptors (Lipinski definition) is 3. The summed E-state index contributed by atoms with van der Waals surface area (Å²) in [4.78, 5) is 14.6. The van der Waals surface area contributed by atoms with Crippen LogP contribution in [0, 0.1) is 0 Å². The molecule has 1 heterocycles. The Labute approximate surface area is 143 Å². The van der Waals surface area contributed by atoms with Gasteiger partial charge in [-0.05, 0) is 59.1 Å². The van der Waals surface area contributed by atoms with Crippen LogP contribution in [0.15, 0.2) is 51.8 Å². The van der Waals surface area contributed by atoms with Crippen molar-refractivity contribution in [2.45, 2.75) is 24.3 Å². The van der Waals surface area contributed by atoms with Crippen molar-refractivity contribution in [2.24, 2.45) is 5.14 Å².